The van der Waals surface area contributed by atoms with Gasteiger partial charge in [0.1, 0.15) is 10.8 Å². The molecule has 3 aromatic rings. The van der Waals surface area contributed by atoms with Crippen molar-refractivity contribution >= 4 is 45.0 Å². The molecule has 8 nitrogen and oxygen atoms in total. The second-order valence-electron chi connectivity index (χ2n) is 8.20. The zero-order valence-corrected chi connectivity index (χ0v) is 19.7. The summed E-state index contributed by atoms with van der Waals surface area (Å²) in [5.74, 6) is -1.26. The minimum atomic E-state index is -0.797. The molecule has 1 aliphatic rings. The lowest BCUT2D eigenvalue weighted by atomic mass is 10.1. The van der Waals surface area contributed by atoms with Gasteiger partial charge in [-0.15, -0.1) is 11.3 Å². The Bertz CT molecular complexity index is 1210. The van der Waals surface area contributed by atoms with Gasteiger partial charge in [-0.1, -0.05) is 0 Å². The lowest BCUT2D eigenvalue weighted by Crippen LogP contribution is -2.36. The molecule has 174 valence electrons. The molecule has 2 heterocycles. The van der Waals surface area contributed by atoms with Gasteiger partial charge in [0.25, 0.3) is 0 Å². The molecule has 0 bridgehead atoms. The van der Waals surface area contributed by atoms with Gasteiger partial charge >= 0.3 is 17.8 Å². The molecule has 33 heavy (non-hydrogen) atoms. The van der Waals surface area contributed by atoms with Crippen molar-refractivity contribution in [3.05, 3.63) is 46.0 Å². The van der Waals surface area contributed by atoms with E-state index < -0.39 is 17.8 Å². The van der Waals surface area contributed by atoms with Crippen LogP contribution in [0.25, 0.3) is 10.9 Å². The summed E-state index contributed by atoms with van der Waals surface area (Å²) in [6, 6.07) is 5.74. The number of rotatable bonds is 7. The van der Waals surface area contributed by atoms with Crippen LogP contribution in [0.1, 0.15) is 46.6 Å². The summed E-state index contributed by atoms with van der Waals surface area (Å²) in [5.41, 5.74) is 3.30. The van der Waals surface area contributed by atoms with Crippen molar-refractivity contribution < 1.29 is 23.9 Å². The van der Waals surface area contributed by atoms with Crippen LogP contribution in [0, 0.1) is 0 Å². The maximum absolute atomic E-state index is 12.6. The molecule has 0 radical (unpaired) electrons. The minimum Gasteiger partial charge on any atom is -0.497 e. The average molecular weight is 470 g/mol. The fraction of sp³-hybridized carbons (Fsp3) is 0.375. The van der Waals surface area contributed by atoms with E-state index in [0.717, 1.165) is 51.9 Å². The number of nitrogens with one attached hydrogen (secondary N) is 3. The zero-order chi connectivity index (χ0) is 23.5. The first-order chi connectivity index (χ1) is 15.9. The molecule has 9 heteroatoms. The van der Waals surface area contributed by atoms with Crippen molar-refractivity contribution in [1.82, 2.24) is 10.3 Å². The lowest BCUT2D eigenvalue weighted by molar-refractivity contribution is -0.136. The molecule has 2 aromatic heterocycles. The van der Waals surface area contributed by atoms with E-state index >= 15 is 0 Å². The largest absolute Gasteiger partial charge is 0.497 e. The van der Waals surface area contributed by atoms with Crippen molar-refractivity contribution in [2.24, 2.45) is 0 Å². The van der Waals surface area contributed by atoms with Crippen LogP contribution in [-0.4, -0.2) is 42.5 Å². The molecule has 0 saturated heterocycles. The van der Waals surface area contributed by atoms with Crippen molar-refractivity contribution in [2.75, 3.05) is 19.0 Å². The Morgan fingerprint density at radius 3 is 2.76 bits per heavy atom. The number of carbonyl (C=O) groups is 3. The Kier molecular flexibility index (Phi) is 6.69. The number of ether oxygens (including phenoxy) is 2. The molecule has 4 rings (SSSR count). The summed E-state index contributed by atoms with van der Waals surface area (Å²) < 4.78 is 10.6. The van der Waals surface area contributed by atoms with E-state index in [1.165, 1.54) is 11.3 Å². The molecule has 1 aliphatic carbocycles. The van der Waals surface area contributed by atoms with Crippen LogP contribution in [0.2, 0.25) is 0 Å². The molecule has 0 atom stereocenters. The molecule has 0 spiro atoms. The molecule has 0 unspecified atom stereocenters. The second kappa shape index (κ2) is 9.66. The van der Waals surface area contributed by atoms with Crippen molar-refractivity contribution in [3.63, 3.8) is 0 Å². The molecule has 2 amide bonds. The number of benzene rings is 1. The summed E-state index contributed by atoms with van der Waals surface area (Å²) in [4.78, 5) is 41.8. The van der Waals surface area contributed by atoms with E-state index in [-0.39, 0.29) is 6.10 Å². The smallest absolute Gasteiger partial charge is 0.341 e. The van der Waals surface area contributed by atoms with Crippen LogP contribution < -0.4 is 15.4 Å². The number of amides is 2. The number of hydrogen-bond acceptors (Lipinski definition) is 6. The van der Waals surface area contributed by atoms with Gasteiger partial charge in [-0.3, -0.25) is 9.59 Å². The van der Waals surface area contributed by atoms with Gasteiger partial charge in [0, 0.05) is 28.5 Å². The number of esters is 1. The molecule has 0 aliphatic heterocycles. The summed E-state index contributed by atoms with van der Waals surface area (Å²) in [5, 5.41) is 6.68. The normalized spacial score (nSPS) is 12.6. The third kappa shape index (κ3) is 4.88. The van der Waals surface area contributed by atoms with Crippen molar-refractivity contribution in [1.29, 1.82) is 0 Å². The van der Waals surface area contributed by atoms with E-state index in [0.29, 0.717) is 23.5 Å². The van der Waals surface area contributed by atoms with Gasteiger partial charge in [0.05, 0.1) is 18.8 Å². The highest BCUT2D eigenvalue weighted by Crippen LogP contribution is 2.39. The van der Waals surface area contributed by atoms with E-state index in [4.69, 9.17) is 9.47 Å². The molecule has 3 N–H and O–H groups in total. The quantitative estimate of drug-likeness (QED) is 0.362. The average Bonchev–Trinajstić information content (AvgIpc) is 3.47. The standard InChI is InChI=1S/C24H27N3O5S/c1-13(2)32-24(30)20-16-5-4-6-19(16)33-23(20)27-22(29)21(28)25-10-9-14-12-26-18-8-7-15(31-3)11-17(14)18/h7-8,11-13,26H,4-6,9-10H2,1-3H3,(H,25,28)(H,27,29). The third-order valence-corrected chi connectivity index (χ3v) is 6.76. The van der Waals surface area contributed by atoms with E-state index in [2.05, 4.69) is 15.6 Å². The molecule has 0 saturated carbocycles. The zero-order valence-electron chi connectivity index (χ0n) is 18.9. The maximum atomic E-state index is 12.6. The number of H-pyrrole nitrogens is 1. The molecular formula is C24H27N3O5S. The number of aromatic nitrogens is 1. The number of fused-ring (bicyclic) bond motifs is 2. The van der Waals surface area contributed by atoms with Crippen molar-refractivity contribution in [2.45, 2.75) is 45.6 Å². The van der Waals surface area contributed by atoms with Crippen LogP contribution in [-0.2, 0) is 33.6 Å². The maximum Gasteiger partial charge on any atom is 0.341 e. The lowest BCUT2D eigenvalue weighted by Gasteiger charge is -2.11. The first-order valence-electron chi connectivity index (χ1n) is 11.0. The van der Waals surface area contributed by atoms with E-state index in [9.17, 15) is 14.4 Å². The number of aryl methyl sites for hydroxylation is 1. The Balaban J connectivity index is 1.39. The fourth-order valence-corrected chi connectivity index (χ4v) is 5.30. The highest BCUT2D eigenvalue weighted by Gasteiger charge is 2.29. The number of hydrogen-bond donors (Lipinski definition) is 3. The van der Waals surface area contributed by atoms with Gasteiger partial charge < -0.3 is 25.1 Å². The van der Waals surface area contributed by atoms with E-state index in [1.807, 2.05) is 24.4 Å². The van der Waals surface area contributed by atoms with Gasteiger partial charge in [-0.05, 0) is 68.9 Å². The topological polar surface area (TPSA) is 110 Å². The second-order valence-corrected chi connectivity index (χ2v) is 9.31. The number of aromatic amines is 1. The predicted molar refractivity (Wildman–Crippen MR) is 127 cm³/mol. The Morgan fingerprint density at radius 1 is 1.18 bits per heavy atom. The molecule has 0 fully saturated rings. The highest BCUT2D eigenvalue weighted by atomic mass is 32.1. The Hall–Kier alpha value is -3.33. The van der Waals surface area contributed by atoms with Gasteiger partial charge in [0.2, 0.25) is 0 Å². The molecular weight excluding hydrogens is 442 g/mol. The van der Waals surface area contributed by atoms with Crippen LogP contribution >= 0.6 is 11.3 Å². The van der Waals surface area contributed by atoms with Crippen LogP contribution in [0.15, 0.2) is 24.4 Å². The van der Waals surface area contributed by atoms with Gasteiger partial charge in [-0.2, -0.15) is 0 Å². The first-order valence-corrected chi connectivity index (χ1v) is 11.8. The number of anilines is 1. The summed E-state index contributed by atoms with van der Waals surface area (Å²) in [6.45, 7) is 3.85. The fourth-order valence-electron chi connectivity index (χ4n) is 4.02. The Morgan fingerprint density at radius 2 is 2.00 bits per heavy atom. The van der Waals surface area contributed by atoms with Crippen LogP contribution in [0.4, 0.5) is 5.00 Å². The third-order valence-electron chi connectivity index (χ3n) is 5.56. The summed E-state index contributed by atoms with van der Waals surface area (Å²) >= 11 is 1.35. The number of thiophene rings is 1. The first kappa shape index (κ1) is 22.8. The van der Waals surface area contributed by atoms with Crippen molar-refractivity contribution in [3.8, 4) is 5.75 Å². The van der Waals surface area contributed by atoms with Gasteiger partial charge in [0.15, 0.2) is 0 Å². The summed E-state index contributed by atoms with van der Waals surface area (Å²) in [7, 11) is 1.61. The number of carbonyl (C=O) groups excluding carboxylic acids is 3. The number of methoxy groups -OCH3 is 1. The van der Waals surface area contributed by atoms with Crippen LogP contribution in [0.3, 0.4) is 0 Å². The summed E-state index contributed by atoms with van der Waals surface area (Å²) in [6.07, 6.45) is 4.76. The van der Waals surface area contributed by atoms with Crippen LogP contribution in [0.5, 0.6) is 5.75 Å². The SMILES string of the molecule is COc1ccc2[nH]cc(CCNC(=O)C(=O)Nc3sc4c(c3C(=O)OC(C)C)CCC4)c2c1. The van der Waals surface area contributed by atoms with Gasteiger partial charge in [-0.25, -0.2) is 4.79 Å². The monoisotopic (exact) mass is 469 g/mol. The predicted octanol–water partition coefficient (Wildman–Crippen LogP) is 3.59. The molecule has 1 aromatic carbocycles. The minimum absolute atomic E-state index is 0.272. The Labute approximate surface area is 195 Å². The van der Waals surface area contributed by atoms with E-state index in [1.54, 1.807) is 21.0 Å². The highest BCUT2D eigenvalue weighted by molar-refractivity contribution is 7.17.